The van der Waals surface area contributed by atoms with Crippen LogP contribution in [0.2, 0.25) is 0 Å². The molecule has 7 nitrogen and oxygen atoms in total. The number of ether oxygens (including phenoxy) is 1. The monoisotopic (exact) mass is 359 g/mol. The van der Waals surface area contributed by atoms with E-state index in [4.69, 9.17) is 9.15 Å². The molecule has 1 saturated heterocycles. The summed E-state index contributed by atoms with van der Waals surface area (Å²) in [6.07, 6.45) is 1.73. The molecule has 0 radical (unpaired) electrons. The van der Waals surface area contributed by atoms with Crippen molar-refractivity contribution in [2.24, 2.45) is 5.92 Å². The maximum atomic E-state index is 12.6. The zero-order valence-corrected chi connectivity index (χ0v) is 15.0. The third-order valence-electron chi connectivity index (χ3n) is 4.68. The van der Waals surface area contributed by atoms with Gasteiger partial charge in [-0.3, -0.25) is 4.79 Å². The van der Waals surface area contributed by atoms with Gasteiger partial charge in [-0.2, -0.15) is 0 Å². The molecule has 0 bridgehead atoms. The summed E-state index contributed by atoms with van der Waals surface area (Å²) in [5, 5.41) is 6.55. The molecule has 1 aromatic heterocycles. The number of fused-ring (bicyclic) bond motifs is 1. The molecule has 2 heterocycles. The molecule has 3 amide bonds. The number of furan rings is 1. The summed E-state index contributed by atoms with van der Waals surface area (Å²) in [7, 11) is 1.60. The van der Waals surface area contributed by atoms with Crippen molar-refractivity contribution in [3.63, 3.8) is 0 Å². The van der Waals surface area contributed by atoms with Crippen LogP contribution in [0, 0.1) is 5.92 Å². The lowest BCUT2D eigenvalue weighted by atomic mass is 9.96. The Bertz CT molecular complexity index is 717. The van der Waals surface area contributed by atoms with Crippen molar-refractivity contribution in [1.82, 2.24) is 15.5 Å². The summed E-state index contributed by atoms with van der Waals surface area (Å²) in [4.78, 5) is 26.1. The lowest BCUT2D eigenvalue weighted by molar-refractivity contribution is 0.0661. The van der Waals surface area contributed by atoms with E-state index in [-0.39, 0.29) is 11.9 Å². The summed E-state index contributed by atoms with van der Waals surface area (Å²) in [6.45, 7) is 2.95. The van der Waals surface area contributed by atoms with Crippen LogP contribution in [0.1, 0.15) is 23.4 Å². The van der Waals surface area contributed by atoms with Crippen LogP contribution in [0.15, 0.2) is 34.7 Å². The molecule has 1 aromatic carbocycles. The fourth-order valence-electron chi connectivity index (χ4n) is 3.15. The third-order valence-corrected chi connectivity index (χ3v) is 4.68. The van der Waals surface area contributed by atoms with E-state index in [1.165, 1.54) is 0 Å². The number of amides is 3. The second kappa shape index (κ2) is 8.71. The number of para-hydroxylation sites is 1. The standard InChI is InChI=1S/C19H25N3O4/c1-25-11-8-20-19(24)21-13-14-6-9-22(10-7-14)18(23)17-12-15-4-2-3-5-16(15)26-17/h2-5,12,14H,6-11,13H2,1H3,(H2,20,21,24). The van der Waals surface area contributed by atoms with Crippen molar-refractivity contribution in [3.8, 4) is 0 Å². The van der Waals surface area contributed by atoms with Crippen LogP contribution in [0.5, 0.6) is 0 Å². The van der Waals surface area contributed by atoms with Crippen molar-refractivity contribution >= 4 is 22.9 Å². The van der Waals surface area contributed by atoms with Gasteiger partial charge in [0, 0.05) is 38.7 Å². The predicted molar refractivity (Wildman–Crippen MR) is 98.1 cm³/mol. The molecule has 7 heteroatoms. The molecule has 0 atom stereocenters. The smallest absolute Gasteiger partial charge is 0.314 e. The Morgan fingerprint density at radius 2 is 2.00 bits per heavy atom. The average Bonchev–Trinajstić information content (AvgIpc) is 3.10. The molecule has 0 aliphatic carbocycles. The minimum absolute atomic E-state index is 0.0649. The summed E-state index contributed by atoms with van der Waals surface area (Å²) in [5.41, 5.74) is 0.731. The summed E-state index contributed by atoms with van der Waals surface area (Å²) in [6, 6.07) is 9.24. The van der Waals surface area contributed by atoms with Crippen molar-refractivity contribution < 1.29 is 18.7 Å². The molecule has 26 heavy (non-hydrogen) atoms. The van der Waals surface area contributed by atoms with Crippen LogP contribution >= 0.6 is 0 Å². The molecule has 140 valence electrons. The van der Waals surface area contributed by atoms with Crippen LogP contribution in [0.4, 0.5) is 4.79 Å². The molecule has 2 N–H and O–H groups in total. The number of nitrogens with one attached hydrogen (secondary N) is 2. The minimum Gasteiger partial charge on any atom is -0.451 e. The van der Waals surface area contributed by atoms with Gasteiger partial charge in [0.15, 0.2) is 5.76 Å². The van der Waals surface area contributed by atoms with E-state index < -0.39 is 0 Å². The Kier molecular flexibility index (Phi) is 6.12. The zero-order valence-electron chi connectivity index (χ0n) is 15.0. The molecule has 1 fully saturated rings. The number of carbonyl (C=O) groups excluding carboxylic acids is 2. The van der Waals surface area contributed by atoms with Crippen molar-refractivity contribution in [2.75, 3.05) is 39.9 Å². The van der Waals surface area contributed by atoms with Crippen molar-refractivity contribution in [3.05, 3.63) is 36.1 Å². The van der Waals surface area contributed by atoms with Gasteiger partial charge in [-0.1, -0.05) is 18.2 Å². The average molecular weight is 359 g/mol. The van der Waals surface area contributed by atoms with Gasteiger partial charge in [0.05, 0.1) is 6.61 Å². The first-order valence-electron chi connectivity index (χ1n) is 8.96. The first-order chi connectivity index (χ1) is 12.7. The van der Waals surface area contributed by atoms with Crippen molar-refractivity contribution in [2.45, 2.75) is 12.8 Å². The van der Waals surface area contributed by atoms with Gasteiger partial charge < -0.3 is 24.7 Å². The van der Waals surface area contributed by atoms with E-state index in [1.807, 2.05) is 29.2 Å². The highest BCUT2D eigenvalue weighted by molar-refractivity contribution is 5.96. The molecule has 2 aromatic rings. The van der Waals surface area contributed by atoms with Gasteiger partial charge in [0.25, 0.3) is 5.91 Å². The van der Waals surface area contributed by atoms with Crippen LogP contribution in [-0.4, -0.2) is 56.7 Å². The van der Waals surface area contributed by atoms with E-state index in [0.29, 0.717) is 44.5 Å². The number of urea groups is 1. The second-order valence-corrected chi connectivity index (χ2v) is 6.51. The second-order valence-electron chi connectivity index (χ2n) is 6.51. The topological polar surface area (TPSA) is 83.8 Å². The van der Waals surface area contributed by atoms with Gasteiger partial charge in [0.2, 0.25) is 0 Å². The van der Waals surface area contributed by atoms with Crippen molar-refractivity contribution in [1.29, 1.82) is 0 Å². The number of benzene rings is 1. The van der Waals surface area contributed by atoms with E-state index in [0.717, 1.165) is 23.8 Å². The van der Waals surface area contributed by atoms with Crippen LogP contribution in [0.25, 0.3) is 11.0 Å². The summed E-state index contributed by atoms with van der Waals surface area (Å²) < 4.78 is 10.6. The highest BCUT2D eigenvalue weighted by Crippen LogP contribution is 2.23. The van der Waals surface area contributed by atoms with Gasteiger partial charge in [-0.05, 0) is 30.9 Å². The molecule has 0 saturated carbocycles. The Hall–Kier alpha value is -2.54. The maximum Gasteiger partial charge on any atom is 0.314 e. The van der Waals surface area contributed by atoms with Gasteiger partial charge >= 0.3 is 6.03 Å². The molecule has 3 rings (SSSR count). The number of carbonyl (C=O) groups is 2. The number of nitrogens with zero attached hydrogens (tertiary/aromatic N) is 1. The lowest BCUT2D eigenvalue weighted by Crippen LogP contribution is -2.44. The summed E-state index contributed by atoms with van der Waals surface area (Å²) in [5.74, 6) is 0.702. The van der Waals surface area contributed by atoms with E-state index in [1.54, 1.807) is 13.2 Å². The van der Waals surface area contributed by atoms with Gasteiger partial charge in [-0.15, -0.1) is 0 Å². The zero-order chi connectivity index (χ0) is 18.4. The number of hydrogen-bond acceptors (Lipinski definition) is 4. The molecule has 0 unspecified atom stereocenters. The molecule has 1 aliphatic rings. The third kappa shape index (κ3) is 4.54. The lowest BCUT2D eigenvalue weighted by Gasteiger charge is -2.31. The van der Waals surface area contributed by atoms with Gasteiger partial charge in [0.1, 0.15) is 5.58 Å². The first-order valence-corrected chi connectivity index (χ1v) is 8.96. The summed E-state index contributed by atoms with van der Waals surface area (Å²) >= 11 is 0. The van der Waals surface area contributed by atoms with Crippen LogP contribution < -0.4 is 10.6 Å². The largest absolute Gasteiger partial charge is 0.451 e. The van der Waals surface area contributed by atoms with E-state index in [9.17, 15) is 9.59 Å². The van der Waals surface area contributed by atoms with E-state index >= 15 is 0 Å². The Balaban J connectivity index is 1.44. The normalized spacial score (nSPS) is 15.2. The fourth-order valence-corrected chi connectivity index (χ4v) is 3.15. The predicted octanol–water partition coefficient (Wildman–Crippen LogP) is 2.23. The Morgan fingerprint density at radius 1 is 1.23 bits per heavy atom. The Labute approximate surface area is 152 Å². The highest BCUT2D eigenvalue weighted by atomic mass is 16.5. The minimum atomic E-state index is -0.178. The number of methoxy groups -OCH3 is 1. The van der Waals surface area contributed by atoms with Crippen LogP contribution in [0.3, 0.4) is 0 Å². The SMILES string of the molecule is COCCNC(=O)NCC1CCN(C(=O)c2cc3ccccc3o2)CC1. The van der Waals surface area contributed by atoms with Gasteiger partial charge in [-0.25, -0.2) is 4.79 Å². The number of piperidine rings is 1. The molecule has 1 aliphatic heterocycles. The number of rotatable bonds is 6. The highest BCUT2D eigenvalue weighted by Gasteiger charge is 2.25. The van der Waals surface area contributed by atoms with E-state index in [2.05, 4.69) is 10.6 Å². The molecule has 0 spiro atoms. The molecular weight excluding hydrogens is 334 g/mol. The number of likely N-dealkylation sites (tertiary alicyclic amines) is 1. The maximum absolute atomic E-state index is 12.6. The molecular formula is C19H25N3O4. The first kappa shape index (κ1) is 18.3. The van der Waals surface area contributed by atoms with Crippen LogP contribution in [-0.2, 0) is 4.74 Å². The fraction of sp³-hybridized carbons (Fsp3) is 0.474. The number of hydrogen-bond donors (Lipinski definition) is 2. The quantitative estimate of drug-likeness (QED) is 0.775. The Morgan fingerprint density at radius 3 is 2.73 bits per heavy atom.